The first-order valence-corrected chi connectivity index (χ1v) is 11.6. The van der Waals surface area contributed by atoms with Crippen LogP contribution in [0.3, 0.4) is 0 Å². The second-order valence-electron chi connectivity index (χ2n) is 9.00. The molecule has 2 fully saturated rings. The van der Waals surface area contributed by atoms with Crippen molar-refractivity contribution < 1.29 is 64.9 Å². The molecule has 0 radical (unpaired) electrons. The summed E-state index contributed by atoms with van der Waals surface area (Å²) in [6, 6.07) is -1.99. The SMILES string of the molecule is CCOC1OC(CO)C(OC2OC(C)C(NC3C=C(CO)C(O)C(O)C3O)C(O)C2O)C(O)C1O. The van der Waals surface area contributed by atoms with Gasteiger partial charge < -0.3 is 70.2 Å². The lowest BCUT2D eigenvalue weighted by atomic mass is 9.86. The van der Waals surface area contributed by atoms with Gasteiger partial charge in [-0.2, -0.15) is 0 Å². The molecule has 0 bridgehead atoms. The maximum Gasteiger partial charge on any atom is 0.187 e. The lowest BCUT2D eigenvalue weighted by Gasteiger charge is -2.47. The average molecular weight is 512 g/mol. The summed E-state index contributed by atoms with van der Waals surface area (Å²) in [6.07, 6.45) is -15.5. The molecule has 14 atom stereocenters. The van der Waals surface area contributed by atoms with Crippen LogP contribution in [0, 0.1) is 0 Å². The summed E-state index contributed by atoms with van der Waals surface area (Å²) in [6.45, 7) is 2.22. The molecule has 10 N–H and O–H groups in total. The largest absolute Gasteiger partial charge is 0.394 e. The van der Waals surface area contributed by atoms with Gasteiger partial charge >= 0.3 is 0 Å². The summed E-state index contributed by atoms with van der Waals surface area (Å²) >= 11 is 0. The van der Waals surface area contributed by atoms with Crippen molar-refractivity contribution in [2.75, 3.05) is 19.8 Å². The highest BCUT2D eigenvalue weighted by molar-refractivity contribution is 5.22. The molecule has 0 aromatic rings. The molecular formula is C21H37NO13. The molecule has 14 heteroatoms. The predicted molar refractivity (Wildman–Crippen MR) is 115 cm³/mol. The Morgan fingerprint density at radius 3 is 2.11 bits per heavy atom. The first-order valence-electron chi connectivity index (χ1n) is 11.6. The number of rotatable bonds is 8. The first-order chi connectivity index (χ1) is 16.5. The minimum Gasteiger partial charge on any atom is -0.394 e. The van der Waals surface area contributed by atoms with E-state index < -0.39 is 98.9 Å². The Kier molecular flexibility index (Phi) is 9.98. The standard InChI is InChI=1S/C21H37NO13/c1-3-32-20-18(31)16(29)19(10(6-24)34-20)35-21-17(30)14(27)11(7(2)33-21)22-9-4-8(5-23)12(25)15(28)13(9)26/h4,7,9-31H,3,5-6H2,1-2H3. The zero-order valence-electron chi connectivity index (χ0n) is 19.4. The lowest BCUT2D eigenvalue weighted by molar-refractivity contribution is -0.350. The molecule has 14 nitrogen and oxygen atoms in total. The van der Waals surface area contributed by atoms with Crippen LogP contribution in [0.1, 0.15) is 13.8 Å². The maximum absolute atomic E-state index is 10.8. The van der Waals surface area contributed by atoms with E-state index in [0.29, 0.717) is 0 Å². The third-order valence-corrected chi connectivity index (χ3v) is 6.68. The molecule has 3 aliphatic rings. The number of hydrogen-bond donors (Lipinski definition) is 10. The third kappa shape index (κ3) is 5.86. The van der Waals surface area contributed by atoms with Crippen molar-refractivity contribution in [1.29, 1.82) is 0 Å². The molecule has 0 saturated carbocycles. The predicted octanol–water partition coefficient (Wildman–Crippen LogP) is -5.34. The summed E-state index contributed by atoms with van der Waals surface area (Å²) < 4.78 is 22.0. The molecule has 3 rings (SSSR count). The summed E-state index contributed by atoms with van der Waals surface area (Å²) in [7, 11) is 0. The smallest absolute Gasteiger partial charge is 0.187 e. The van der Waals surface area contributed by atoms with Gasteiger partial charge in [-0.05, 0) is 19.4 Å². The third-order valence-electron chi connectivity index (χ3n) is 6.68. The van der Waals surface area contributed by atoms with E-state index in [0.717, 1.165) is 0 Å². The van der Waals surface area contributed by atoms with E-state index >= 15 is 0 Å². The van der Waals surface area contributed by atoms with Crippen molar-refractivity contribution in [2.45, 2.75) is 99.6 Å². The van der Waals surface area contributed by atoms with Gasteiger partial charge in [0.1, 0.15) is 54.9 Å². The molecule has 2 aliphatic heterocycles. The van der Waals surface area contributed by atoms with Crippen LogP contribution < -0.4 is 5.32 Å². The van der Waals surface area contributed by atoms with Gasteiger partial charge in [-0.15, -0.1) is 0 Å². The first kappa shape index (κ1) is 28.7. The average Bonchev–Trinajstić information content (AvgIpc) is 2.84. The Labute approximate surface area is 201 Å². The molecule has 204 valence electrons. The zero-order valence-corrected chi connectivity index (χ0v) is 19.4. The van der Waals surface area contributed by atoms with Crippen LogP contribution in [-0.2, 0) is 18.9 Å². The fraction of sp³-hybridized carbons (Fsp3) is 0.905. The van der Waals surface area contributed by atoms with Crippen LogP contribution in [0.25, 0.3) is 0 Å². The van der Waals surface area contributed by atoms with Crippen molar-refractivity contribution in [3.05, 3.63) is 11.6 Å². The van der Waals surface area contributed by atoms with Crippen molar-refractivity contribution >= 4 is 0 Å². The summed E-state index contributed by atoms with van der Waals surface area (Å²) in [5.41, 5.74) is 0.0752. The van der Waals surface area contributed by atoms with E-state index in [4.69, 9.17) is 18.9 Å². The van der Waals surface area contributed by atoms with Crippen LogP contribution in [0.15, 0.2) is 11.6 Å². The quantitative estimate of drug-likeness (QED) is 0.137. The van der Waals surface area contributed by atoms with E-state index in [-0.39, 0.29) is 12.2 Å². The molecule has 2 saturated heterocycles. The summed E-state index contributed by atoms with van der Waals surface area (Å²) in [5.74, 6) is 0. The lowest BCUT2D eigenvalue weighted by Crippen LogP contribution is -2.68. The maximum atomic E-state index is 10.8. The molecule has 0 aromatic carbocycles. The highest BCUT2D eigenvalue weighted by atomic mass is 16.7. The zero-order chi connectivity index (χ0) is 26.0. The van der Waals surface area contributed by atoms with Crippen LogP contribution in [0.5, 0.6) is 0 Å². The van der Waals surface area contributed by atoms with Crippen molar-refractivity contribution in [2.24, 2.45) is 0 Å². The number of aliphatic hydroxyl groups is 9. The molecule has 14 unspecified atom stereocenters. The van der Waals surface area contributed by atoms with E-state index in [1.165, 1.54) is 13.0 Å². The van der Waals surface area contributed by atoms with Gasteiger partial charge in [0, 0.05) is 6.61 Å². The summed E-state index contributed by atoms with van der Waals surface area (Å²) in [5, 5.41) is 94.5. The topological polar surface area (TPSA) is 231 Å². The molecule has 0 aromatic heterocycles. The second kappa shape index (κ2) is 12.1. The van der Waals surface area contributed by atoms with E-state index in [9.17, 15) is 46.0 Å². The van der Waals surface area contributed by atoms with E-state index in [2.05, 4.69) is 5.32 Å². The second-order valence-corrected chi connectivity index (χ2v) is 9.00. The Morgan fingerprint density at radius 1 is 0.857 bits per heavy atom. The highest BCUT2D eigenvalue weighted by Crippen LogP contribution is 2.30. The van der Waals surface area contributed by atoms with Crippen LogP contribution >= 0.6 is 0 Å². The molecule has 35 heavy (non-hydrogen) atoms. The van der Waals surface area contributed by atoms with Gasteiger partial charge in [0.25, 0.3) is 0 Å². The fourth-order valence-electron chi connectivity index (χ4n) is 4.61. The van der Waals surface area contributed by atoms with Gasteiger partial charge in [0.05, 0.1) is 31.4 Å². The number of ether oxygens (including phenoxy) is 4. The minimum atomic E-state index is -1.67. The Balaban J connectivity index is 1.70. The van der Waals surface area contributed by atoms with Gasteiger partial charge in [-0.3, -0.25) is 0 Å². The van der Waals surface area contributed by atoms with E-state index in [1.54, 1.807) is 6.92 Å². The van der Waals surface area contributed by atoms with Crippen molar-refractivity contribution in [3.8, 4) is 0 Å². The number of hydrogen-bond acceptors (Lipinski definition) is 14. The van der Waals surface area contributed by atoms with Gasteiger partial charge in [0.2, 0.25) is 0 Å². The van der Waals surface area contributed by atoms with Crippen molar-refractivity contribution in [1.82, 2.24) is 5.32 Å². The highest BCUT2D eigenvalue weighted by Gasteiger charge is 2.51. The van der Waals surface area contributed by atoms with Crippen LogP contribution in [0.2, 0.25) is 0 Å². The van der Waals surface area contributed by atoms with E-state index in [1.807, 2.05) is 0 Å². The number of aliphatic hydroxyl groups excluding tert-OH is 9. The number of nitrogens with one attached hydrogen (secondary N) is 1. The summed E-state index contributed by atoms with van der Waals surface area (Å²) in [4.78, 5) is 0. The molecular weight excluding hydrogens is 474 g/mol. The monoisotopic (exact) mass is 511 g/mol. The Hall–Kier alpha value is -0.820. The van der Waals surface area contributed by atoms with Crippen LogP contribution in [0.4, 0.5) is 0 Å². The van der Waals surface area contributed by atoms with Crippen molar-refractivity contribution in [3.63, 3.8) is 0 Å². The minimum absolute atomic E-state index is 0.0752. The van der Waals surface area contributed by atoms with Gasteiger partial charge in [0.15, 0.2) is 12.6 Å². The Bertz CT molecular complexity index is 711. The van der Waals surface area contributed by atoms with Gasteiger partial charge in [-0.1, -0.05) is 6.08 Å². The normalized spacial score (nSPS) is 49.1. The molecule has 0 amide bonds. The molecule has 2 heterocycles. The fourth-order valence-corrected chi connectivity index (χ4v) is 4.61. The van der Waals surface area contributed by atoms with Gasteiger partial charge in [-0.25, -0.2) is 0 Å². The van der Waals surface area contributed by atoms with Crippen LogP contribution in [-0.4, -0.2) is 151 Å². The molecule has 0 spiro atoms. The Morgan fingerprint density at radius 2 is 1.51 bits per heavy atom. The molecule has 1 aliphatic carbocycles.